The smallest absolute Gasteiger partial charge is 0.255 e. The number of hydrogen-bond acceptors (Lipinski definition) is 3. The zero-order valence-electron chi connectivity index (χ0n) is 13.9. The first-order valence-corrected chi connectivity index (χ1v) is 7.62. The number of carbonyl (C=O) groups excluding carboxylic acids is 1. The maximum Gasteiger partial charge on any atom is 0.255 e. The summed E-state index contributed by atoms with van der Waals surface area (Å²) in [6.07, 6.45) is 1.45. The third-order valence-electron chi connectivity index (χ3n) is 4.43. The zero-order chi connectivity index (χ0) is 17.2. The van der Waals surface area contributed by atoms with Gasteiger partial charge in [-0.05, 0) is 31.9 Å². The lowest BCUT2D eigenvalue weighted by Gasteiger charge is -2.33. The summed E-state index contributed by atoms with van der Waals surface area (Å²) in [7, 11) is 0. The fourth-order valence-corrected chi connectivity index (χ4v) is 2.26. The lowest BCUT2D eigenvalue weighted by atomic mass is 9.88. The van der Waals surface area contributed by atoms with Crippen molar-refractivity contribution in [2.45, 2.75) is 33.2 Å². The molecule has 5 nitrogen and oxygen atoms in total. The fraction of sp³-hybridized carbons (Fsp3) is 0.412. The van der Waals surface area contributed by atoms with Crippen LogP contribution in [0.15, 0.2) is 30.5 Å². The summed E-state index contributed by atoms with van der Waals surface area (Å²) in [5.74, 6) is -0.468. The van der Waals surface area contributed by atoms with E-state index in [4.69, 9.17) is 5.73 Å². The van der Waals surface area contributed by atoms with Crippen molar-refractivity contribution in [1.82, 2.24) is 15.1 Å². The zero-order valence-corrected chi connectivity index (χ0v) is 13.9. The van der Waals surface area contributed by atoms with Crippen LogP contribution in [-0.4, -0.2) is 27.8 Å². The number of rotatable bonds is 5. The molecule has 1 aromatic heterocycles. The van der Waals surface area contributed by atoms with E-state index in [1.54, 1.807) is 25.1 Å². The molecule has 0 radical (unpaired) electrons. The van der Waals surface area contributed by atoms with Gasteiger partial charge in [0.1, 0.15) is 11.5 Å². The van der Waals surface area contributed by atoms with Crippen LogP contribution in [0.3, 0.4) is 0 Å². The number of carbonyl (C=O) groups is 1. The Balaban J connectivity index is 2.33. The van der Waals surface area contributed by atoms with E-state index in [0.29, 0.717) is 23.5 Å². The highest BCUT2D eigenvalue weighted by atomic mass is 19.1. The average molecular weight is 318 g/mol. The summed E-state index contributed by atoms with van der Waals surface area (Å²) < 4.78 is 15.3. The second-order valence-electron chi connectivity index (χ2n) is 6.24. The molecule has 3 N–H and O–H groups in total. The molecule has 1 unspecified atom stereocenters. The second kappa shape index (κ2) is 6.50. The van der Waals surface area contributed by atoms with Crippen LogP contribution in [-0.2, 0) is 0 Å². The molecule has 2 rings (SSSR count). The molecule has 1 amide bonds. The minimum absolute atomic E-state index is 0.179. The Kier molecular flexibility index (Phi) is 4.85. The first-order valence-electron chi connectivity index (χ1n) is 7.62. The van der Waals surface area contributed by atoms with Gasteiger partial charge in [-0.1, -0.05) is 26.0 Å². The number of nitrogens with zero attached hydrogens (tertiary/aromatic N) is 2. The molecule has 0 spiro atoms. The van der Waals surface area contributed by atoms with Gasteiger partial charge in [-0.3, -0.25) is 4.79 Å². The fourth-order valence-electron chi connectivity index (χ4n) is 2.26. The second-order valence-corrected chi connectivity index (χ2v) is 6.24. The van der Waals surface area contributed by atoms with Gasteiger partial charge in [0.2, 0.25) is 0 Å². The number of aromatic nitrogens is 2. The largest absolute Gasteiger partial charge is 0.345 e. The Hall–Kier alpha value is -2.21. The lowest BCUT2D eigenvalue weighted by molar-refractivity contribution is 0.0882. The van der Waals surface area contributed by atoms with Gasteiger partial charge in [0.15, 0.2) is 0 Å². The van der Waals surface area contributed by atoms with E-state index < -0.39 is 5.54 Å². The van der Waals surface area contributed by atoms with Gasteiger partial charge in [-0.2, -0.15) is 5.10 Å². The van der Waals surface area contributed by atoms with Crippen molar-refractivity contribution >= 4 is 5.91 Å². The molecular formula is C17H23FN4O. The molecule has 1 heterocycles. The van der Waals surface area contributed by atoms with Crippen molar-refractivity contribution in [1.29, 1.82) is 0 Å². The molecule has 0 fully saturated rings. The highest BCUT2D eigenvalue weighted by Gasteiger charge is 2.30. The number of hydrogen-bond donors (Lipinski definition) is 2. The molecule has 0 aliphatic rings. The number of amides is 1. The Morgan fingerprint density at radius 2 is 2.09 bits per heavy atom. The highest BCUT2D eigenvalue weighted by Crippen LogP contribution is 2.19. The monoisotopic (exact) mass is 318 g/mol. The first-order chi connectivity index (χ1) is 10.8. The lowest BCUT2D eigenvalue weighted by Crippen LogP contribution is -2.55. The van der Waals surface area contributed by atoms with Crippen molar-refractivity contribution in [3.8, 4) is 5.69 Å². The van der Waals surface area contributed by atoms with Crippen molar-refractivity contribution in [3.63, 3.8) is 0 Å². The molecule has 0 aliphatic heterocycles. The third kappa shape index (κ3) is 3.27. The molecule has 23 heavy (non-hydrogen) atoms. The van der Waals surface area contributed by atoms with E-state index in [-0.39, 0.29) is 17.6 Å². The molecule has 1 aromatic carbocycles. The standard InChI is InChI=1S/C17H23FN4O/c1-11(2)17(4,10-19)21-16(23)13-9-20-22(12(13)3)15-8-6-5-7-14(15)18/h5-9,11H,10,19H2,1-4H3,(H,21,23). The average Bonchev–Trinajstić information content (AvgIpc) is 2.89. The molecular weight excluding hydrogens is 295 g/mol. The van der Waals surface area contributed by atoms with Crippen molar-refractivity contribution < 1.29 is 9.18 Å². The van der Waals surface area contributed by atoms with Crippen molar-refractivity contribution in [2.75, 3.05) is 6.54 Å². The maximum absolute atomic E-state index is 13.9. The van der Waals surface area contributed by atoms with E-state index >= 15 is 0 Å². The highest BCUT2D eigenvalue weighted by molar-refractivity contribution is 5.95. The topological polar surface area (TPSA) is 72.9 Å². The molecule has 6 heteroatoms. The minimum atomic E-state index is -0.510. The van der Waals surface area contributed by atoms with E-state index in [9.17, 15) is 9.18 Å². The van der Waals surface area contributed by atoms with E-state index in [2.05, 4.69) is 10.4 Å². The normalized spacial score (nSPS) is 13.9. The third-order valence-corrected chi connectivity index (χ3v) is 4.43. The molecule has 1 atom stereocenters. The van der Waals surface area contributed by atoms with Crippen molar-refractivity contribution in [2.24, 2.45) is 11.7 Å². The number of benzene rings is 1. The van der Waals surface area contributed by atoms with Crippen LogP contribution in [0.4, 0.5) is 4.39 Å². The van der Waals surface area contributed by atoms with Crippen molar-refractivity contribution in [3.05, 3.63) is 47.5 Å². The van der Waals surface area contributed by atoms with Gasteiger partial charge in [0.25, 0.3) is 5.91 Å². The number of nitrogens with two attached hydrogens (primary N) is 1. The van der Waals surface area contributed by atoms with Gasteiger partial charge < -0.3 is 11.1 Å². The number of nitrogens with one attached hydrogen (secondary N) is 1. The van der Waals surface area contributed by atoms with E-state index in [0.717, 1.165) is 0 Å². The predicted octanol–water partition coefficient (Wildman–Crippen LogP) is 2.42. The first kappa shape index (κ1) is 17.1. The van der Waals surface area contributed by atoms with Crippen LogP contribution in [0.2, 0.25) is 0 Å². The molecule has 124 valence electrons. The van der Waals surface area contributed by atoms with Gasteiger partial charge in [-0.15, -0.1) is 0 Å². The Labute approximate surface area is 135 Å². The Morgan fingerprint density at radius 3 is 2.65 bits per heavy atom. The molecule has 0 saturated carbocycles. The summed E-state index contributed by atoms with van der Waals surface area (Å²) in [4.78, 5) is 12.6. The molecule has 0 bridgehead atoms. The van der Waals surface area contributed by atoms with Crippen LogP contribution >= 0.6 is 0 Å². The quantitative estimate of drug-likeness (QED) is 0.889. The Morgan fingerprint density at radius 1 is 1.43 bits per heavy atom. The van der Waals surface area contributed by atoms with Crippen LogP contribution in [0, 0.1) is 18.7 Å². The number of halogens is 1. The molecule has 0 saturated heterocycles. The molecule has 0 aliphatic carbocycles. The summed E-state index contributed by atoms with van der Waals surface area (Å²) in [6.45, 7) is 7.98. The minimum Gasteiger partial charge on any atom is -0.345 e. The SMILES string of the molecule is Cc1c(C(=O)NC(C)(CN)C(C)C)cnn1-c1ccccc1F. The Bertz CT molecular complexity index is 710. The summed E-state index contributed by atoms with van der Waals surface area (Å²) >= 11 is 0. The summed E-state index contributed by atoms with van der Waals surface area (Å²) in [5.41, 5.74) is 6.60. The van der Waals surface area contributed by atoms with Crippen LogP contribution in [0.25, 0.3) is 5.69 Å². The van der Waals surface area contributed by atoms with Gasteiger partial charge in [0, 0.05) is 6.54 Å². The predicted molar refractivity (Wildman–Crippen MR) is 88.0 cm³/mol. The van der Waals surface area contributed by atoms with Crippen LogP contribution in [0.5, 0.6) is 0 Å². The van der Waals surface area contributed by atoms with Crippen LogP contribution in [0.1, 0.15) is 36.8 Å². The van der Waals surface area contributed by atoms with Gasteiger partial charge in [-0.25, -0.2) is 9.07 Å². The van der Waals surface area contributed by atoms with E-state index in [1.807, 2.05) is 20.8 Å². The molecule has 2 aromatic rings. The van der Waals surface area contributed by atoms with Gasteiger partial charge >= 0.3 is 0 Å². The van der Waals surface area contributed by atoms with Crippen LogP contribution < -0.4 is 11.1 Å². The summed E-state index contributed by atoms with van der Waals surface area (Å²) in [5, 5.41) is 7.12. The van der Waals surface area contributed by atoms with E-state index in [1.165, 1.54) is 16.9 Å². The van der Waals surface area contributed by atoms with Gasteiger partial charge in [0.05, 0.1) is 23.0 Å². The summed E-state index contributed by atoms with van der Waals surface area (Å²) in [6, 6.07) is 6.32. The maximum atomic E-state index is 13.9. The number of para-hydroxylation sites is 1.